The van der Waals surface area contributed by atoms with Crippen LogP contribution < -0.4 is 5.32 Å². The van der Waals surface area contributed by atoms with Crippen molar-refractivity contribution in [2.75, 3.05) is 13.1 Å². The molecular formula is C15H22N2. The lowest BCUT2D eigenvalue weighted by Crippen LogP contribution is -2.20. The molecule has 0 saturated heterocycles. The summed E-state index contributed by atoms with van der Waals surface area (Å²) in [7, 11) is 0. The Hall–Kier alpha value is -1.28. The standard InChI is InChI=1S/C15H22N2/c1-3-4-8-16-9-11-17-10-7-14-6-5-13(2)12-15(14)17/h5-7,10,12,16H,3-4,8-9,11H2,1-2H3. The van der Waals surface area contributed by atoms with Gasteiger partial charge in [0.15, 0.2) is 0 Å². The van der Waals surface area contributed by atoms with E-state index in [4.69, 9.17) is 0 Å². The van der Waals surface area contributed by atoms with Crippen LogP contribution >= 0.6 is 0 Å². The number of unbranched alkanes of at least 4 members (excludes halogenated alkanes) is 1. The molecule has 2 heteroatoms. The Balaban J connectivity index is 1.96. The number of hydrogen-bond acceptors (Lipinski definition) is 1. The topological polar surface area (TPSA) is 17.0 Å². The third-order valence-electron chi connectivity index (χ3n) is 3.17. The van der Waals surface area contributed by atoms with Gasteiger partial charge in [0.1, 0.15) is 0 Å². The first-order valence-corrected chi connectivity index (χ1v) is 6.57. The molecule has 1 aromatic heterocycles. The number of rotatable bonds is 6. The van der Waals surface area contributed by atoms with Gasteiger partial charge in [-0.1, -0.05) is 25.5 Å². The van der Waals surface area contributed by atoms with Gasteiger partial charge in [0.2, 0.25) is 0 Å². The molecule has 0 bridgehead atoms. The number of benzene rings is 1. The summed E-state index contributed by atoms with van der Waals surface area (Å²) >= 11 is 0. The van der Waals surface area contributed by atoms with Crippen LogP contribution in [0.15, 0.2) is 30.5 Å². The van der Waals surface area contributed by atoms with Gasteiger partial charge in [0.25, 0.3) is 0 Å². The zero-order valence-electron chi connectivity index (χ0n) is 10.9. The highest BCUT2D eigenvalue weighted by atomic mass is 15.0. The van der Waals surface area contributed by atoms with Crippen molar-refractivity contribution in [2.24, 2.45) is 0 Å². The number of nitrogens with zero attached hydrogens (tertiary/aromatic N) is 1. The Kier molecular flexibility index (Phi) is 4.21. The maximum Gasteiger partial charge on any atom is 0.0483 e. The summed E-state index contributed by atoms with van der Waals surface area (Å²) in [4.78, 5) is 0. The lowest BCUT2D eigenvalue weighted by atomic mass is 10.2. The summed E-state index contributed by atoms with van der Waals surface area (Å²) in [5, 5.41) is 4.82. The number of aryl methyl sites for hydroxylation is 1. The molecule has 2 nitrogen and oxygen atoms in total. The molecule has 0 atom stereocenters. The van der Waals surface area contributed by atoms with Gasteiger partial charge in [-0.25, -0.2) is 0 Å². The SMILES string of the molecule is CCCCNCCn1ccc2ccc(C)cc21. The van der Waals surface area contributed by atoms with E-state index >= 15 is 0 Å². The lowest BCUT2D eigenvalue weighted by molar-refractivity contribution is 0.588. The smallest absolute Gasteiger partial charge is 0.0483 e. The zero-order valence-corrected chi connectivity index (χ0v) is 10.9. The van der Waals surface area contributed by atoms with E-state index in [-0.39, 0.29) is 0 Å². The minimum absolute atomic E-state index is 1.05. The molecule has 0 aliphatic rings. The predicted octanol–water partition coefficient (Wildman–Crippen LogP) is 3.34. The van der Waals surface area contributed by atoms with Crippen LogP contribution in [-0.4, -0.2) is 17.7 Å². The molecule has 2 aromatic rings. The van der Waals surface area contributed by atoms with Gasteiger partial charge < -0.3 is 9.88 Å². The van der Waals surface area contributed by atoms with Gasteiger partial charge in [0, 0.05) is 24.8 Å². The molecule has 0 radical (unpaired) electrons. The fraction of sp³-hybridized carbons (Fsp3) is 0.467. The molecule has 0 aliphatic carbocycles. The van der Waals surface area contributed by atoms with Crippen molar-refractivity contribution in [1.29, 1.82) is 0 Å². The largest absolute Gasteiger partial charge is 0.346 e. The molecule has 0 amide bonds. The van der Waals surface area contributed by atoms with E-state index in [0.29, 0.717) is 0 Å². The van der Waals surface area contributed by atoms with Crippen LogP contribution in [0.25, 0.3) is 10.9 Å². The van der Waals surface area contributed by atoms with E-state index in [1.165, 1.54) is 29.3 Å². The highest BCUT2D eigenvalue weighted by molar-refractivity contribution is 5.80. The molecule has 0 spiro atoms. The van der Waals surface area contributed by atoms with Crippen LogP contribution in [0.3, 0.4) is 0 Å². The molecule has 0 saturated carbocycles. The molecule has 1 aromatic carbocycles. The summed E-state index contributed by atoms with van der Waals surface area (Å²) in [6, 6.07) is 8.83. The van der Waals surface area contributed by atoms with E-state index in [9.17, 15) is 0 Å². The summed E-state index contributed by atoms with van der Waals surface area (Å²) in [5.74, 6) is 0. The van der Waals surface area contributed by atoms with Crippen molar-refractivity contribution in [3.8, 4) is 0 Å². The number of nitrogens with one attached hydrogen (secondary N) is 1. The fourth-order valence-corrected chi connectivity index (χ4v) is 2.12. The van der Waals surface area contributed by atoms with Gasteiger partial charge in [-0.05, 0) is 43.0 Å². The van der Waals surface area contributed by atoms with Gasteiger partial charge in [0.05, 0.1) is 0 Å². The Morgan fingerprint density at radius 1 is 1.18 bits per heavy atom. The van der Waals surface area contributed by atoms with Crippen molar-refractivity contribution in [1.82, 2.24) is 9.88 Å². The molecule has 0 unspecified atom stereocenters. The minimum Gasteiger partial charge on any atom is -0.346 e. The molecule has 17 heavy (non-hydrogen) atoms. The monoisotopic (exact) mass is 230 g/mol. The first-order valence-electron chi connectivity index (χ1n) is 6.57. The van der Waals surface area contributed by atoms with Gasteiger partial charge in [-0.15, -0.1) is 0 Å². The summed E-state index contributed by atoms with van der Waals surface area (Å²) in [6.07, 6.45) is 4.72. The van der Waals surface area contributed by atoms with Gasteiger partial charge >= 0.3 is 0 Å². The highest BCUT2D eigenvalue weighted by Gasteiger charge is 2.00. The predicted molar refractivity (Wildman–Crippen MR) is 74.5 cm³/mol. The molecule has 2 rings (SSSR count). The normalized spacial score (nSPS) is 11.2. The maximum absolute atomic E-state index is 3.48. The molecule has 1 heterocycles. The third-order valence-corrected chi connectivity index (χ3v) is 3.17. The fourth-order valence-electron chi connectivity index (χ4n) is 2.12. The second-order valence-electron chi connectivity index (χ2n) is 4.67. The quantitative estimate of drug-likeness (QED) is 0.753. The van der Waals surface area contributed by atoms with Crippen LogP contribution in [0.4, 0.5) is 0 Å². The van der Waals surface area contributed by atoms with Crippen LogP contribution in [0.2, 0.25) is 0 Å². The highest BCUT2D eigenvalue weighted by Crippen LogP contribution is 2.16. The van der Waals surface area contributed by atoms with Crippen molar-refractivity contribution >= 4 is 10.9 Å². The maximum atomic E-state index is 3.48. The number of hydrogen-bond donors (Lipinski definition) is 1. The molecule has 0 fully saturated rings. The minimum atomic E-state index is 1.05. The van der Waals surface area contributed by atoms with Crippen molar-refractivity contribution in [3.05, 3.63) is 36.0 Å². The van der Waals surface area contributed by atoms with Crippen molar-refractivity contribution < 1.29 is 0 Å². The number of aromatic nitrogens is 1. The molecule has 1 N–H and O–H groups in total. The molecule has 92 valence electrons. The molecule has 0 aliphatic heterocycles. The summed E-state index contributed by atoms with van der Waals surface area (Å²) in [6.45, 7) is 7.61. The second-order valence-corrected chi connectivity index (χ2v) is 4.67. The molecular weight excluding hydrogens is 208 g/mol. The van der Waals surface area contributed by atoms with Crippen LogP contribution in [0.5, 0.6) is 0 Å². The zero-order chi connectivity index (χ0) is 12.1. The Labute approximate surface area is 104 Å². The Bertz CT molecular complexity index is 471. The average Bonchev–Trinajstić information content (AvgIpc) is 2.72. The van der Waals surface area contributed by atoms with Crippen LogP contribution in [-0.2, 0) is 6.54 Å². The van der Waals surface area contributed by atoms with Crippen molar-refractivity contribution in [3.63, 3.8) is 0 Å². The van der Waals surface area contributed by atoms with E-state index in [1.807, 2.05) is 0 Å². The van der Waals surface area contributed by atoms with E-state index in [2.05, 4.69) is 54.2 Å². The Morgan fingerprint density at radius 2 is 2.06 bits per heavy atom. The van der Waals surface area contributed by atoms with Gasteiger partial charge in [-0.2, -0.15) is 0 Å². The first kappa shape index (κ1) is 12.2. The van der Waals surface area contributed by atoms with Crippen LogP contribution in [0, 0.1) is 6.92 Å². The van der Waals surface area contributed by atoms with Crippen LogP contribution in [0.1, 0.15) is 25.3 Å². The first-order chi connectivity index (χ1) is 8.31. The van der Waals surface area contributed by atoms with E-state index in [1.54, 1.807) is 0 Å². The summed E-state index contributed by atoms with van der Waals surface area (Å²) < 4.78 is 2.33. The Morgan fingerprint density at radius 3 is 2.88 bits per heavy atom. The average molecular weight is 230 g/mol. The number of fused-ring (bicyclic) bond motifs is 1. The van der Waals surface area contributed by atoms with Gasteiger partial charge in [-0.3, -0.25) is 0 Å². The van der Waals surface area contributed by atoms with E-state index < -0.39 is 0 Å². The third kappa shape index (κ3) is 3.10. The second kappa shape index (κ2) is 5.87. The summed E-state index contributed by atoms with van der Waals surface area (Å²) in [5.41, 5.74) is 2.68. The lowest BCUT2D eigenvalue weighted by Gasteiger charge is -2.07. The van der Waals surface area contributed by atoms with E-state index in [0.717, 1.165) is 19.6 Å². The van der Waals surface area contributed by atoms with Crippen molar-refractivity contribution in [2.45, 2.75) is 33.2 Å².